The highest BCUT2D eigenvalue weighted by Crippen LogP contribution is 2.22. The summed E-state index contributed by atoms with van der Waals surface area (Å²) in [6.07, 6.45) is 1.99. The maximum atomic E-state index is 5.68. The van der Waals surface area contributed by atoms with Crippen molar-refractivity contribution in [3.8, 4) is 0 Å². The van der Waals surface area contributed by atoms with Crippen molar-refractivity contribution in [3.05, 3.63) is 0 Å². The number of hydrogen-bond donors (Lipinski definition) is 2. The Morgan fingerprint density at radius 1 is 1.70 bits per heavy atom. The normalized spacial score (nSPS) is 45.5. The largest absolute Gasteiger partial charge is 0.307 e. The number of nitrogens with two attached hydrogens (primary N) is 1. The molecular weight excluding hydrogens is 146 g/mol. The first-order chi connectivity index (χ1) is 4.86. The maximum Gasteiger partial charge on any atom is 0.103 e. The van der Waals surface area contributed by atoms with Crippen LogP contribution in [0, 0.1) is 5.92 Å². The van der Waals surface area contributed by atoms with Crippen LogP contribution in [0.15, 0.2) is 4.99 Å². The van der Waals surface area contributed by atoms with Crippen molar-refractivity contribution in [3.63, 3.8) is 0 Å². The van der Waals surface area contributed by atoms with Crippen LogP contribution >= 0.6 is 11.8 Å². The van der Waals surface area contributed by atoms with Crippen LogP contribution in [-0.4, -0.2) is 30.1 Å². The molecule has 0 aromatic heterocycles. The van der Waals surface area contributed by atoms with Crippen molar-refractivity contribution in [1.29, 1.82) is 0 Å². The van der Waals surface area contributed by atoms with Gasteiger partial charge in [-0.15, -0.1) is 11.8 Å². The molecule has 2 heterocycles. The van der Waals surface area contributed by atoms with Crippen LogP contribution in [0.2, 0.25) is 0 Å². The van der Waals surface area contributed by atoms with E-state index in [-0.39, 0.29) is 5.50 Å². The molecule has 3 atom stereocenters. The summed E-state index contributed by atoms with van der Waals surface area (Å²) in [4.78, 5) is 4.21. The molecule has 0 saturated carbocycles. The standard InChI is InChI=1S/C6H11N3S/c7-6-9-5-2-8-1-4(5)3-10-6/h2,4-6,9H,1,3,7H2. The van der Waals surface area contributed by atoms with Gasteiger partial charge < -0.3 is 5.73 Å². The highest BCUT2D eigenvalue weighted by atomic mass is 32.2. The molecule has 0 bridgehead atoms. The Bertz CT molecular complexity index is 159. The lowest BCUT2D eigenvalue weighted by atomic mass is 10.1. The zero-order chi connectivity index (χ0) is 6.97. The third-order valence-electron chi connectivity index (χ3n) is 1.96. The Balaban J connectivity index is 2.01. The SMILES string of the molecule is NC1NC2C=NCC2CS1. The summed E-state index contributed by atoms with van der Waals surface area (Å²) in [5.74, 6) is 1.85. The first-order valence-electron chi connectivity index (χ1n) is 3.49. The molecule has 2 aliphatic heterocycles. The molecule has 3 unspecified atom stereocenters. The minimum Gasteiger partial charge on any atom is -0.307 e. The number of hydrogen-bond acceptors (Lipinski definition) is 4. The highest BCUT2D eigenvalue weighted by molar-refractivity contribution is 7.99. The average Bonchev–Trinajstić information content (AvgIpc) is 2.33. The average molecular weight is 157 g/mol. The summed E-state index contributed by atoms with van der Waals surface area (Å²) in [5.41, 5.74) is 5.80. The van der Waals surface area contributed by atoms with Gasteiger partial charge in [0.1, 0.15) is 5.50 Å². The van der Waals surface area contributed by atoms with Crippen LogP contribution in [0.1, 0.15) is 0 Å². The van der Waals surface area contributed by atoms with E-state index in [1.807, 2.05) is 6.21 Å². The lowest BCUT2D eigenvalue weighted by molar-refractivity contribution is 0.473. The van der Waals surface area contributed by atoms with Crippen LogP contribution in [-0.2, 0) is 0 Å². The van der Waals surface area contributed by atoms with Gasteiger partial charge in [-0.3, -0.25) is 10.3 Å². The molecule has 0 aromatic carbocycles. The molecule has 3 N–H and O–H groups in total. The first kappa shape index (κ1) is 6.64. The van der Waals surface area contributed by atoms with Crippen LogP contribution in [0.5, 0.6) is 0 Å². The van der Waals surface area contributed by atoms with Crippen LogP contribution in [0.25, 0.3) is 0 Å². The van der Waals surface area contributed by atoms with Crippen molar-refractivity contribution in [1.82, 2.24) is 5.32 Å². The summed E-state index contributed by atoms with van der Waals surface area (Å²) in [6.45, 7) is 0.984. The minimum atomic E-state index is 0.116. The number of aliphatic imine (C=N–C) groups is 1. The van der Waals surface area contributed by atoms with E-state index in [0.717, 1.165) is 12.3 Å². The monoisotopic (exact) mass is 157 g/mol. The van der Waals surface area contributed by atoms with Crippen molar-refractivity contribution >= 4 is 18.0 Å². The van der Waals surface area contributed by atoms with Gasteiger partial charge in [0.15, 0.2) is 0 Å². The molecule has 4 heteroatoms. The molecule has 0 radical (unpaired) electrons. The summed E-state index contributed by atoms with van der Waals surface area (Å²) in [7, 11) is 0. The number of rotatable bonds is 0. The van der Waals surface area contributed by atoms with E-state index in [9.17, 15) is 0 Å². The number of fused-ring (bicyclic) bond motifs is 1. The van der Waals surface area contributed by atoms with Crippen molar-refractivity contribution in [2.24, 2.45) is 16.6 Å². The molecule has 0 aliphatic carbocycles. The van der Waals surface area contributed by atoms with Crippen LogP contribution in [0.4, 0.5) is 0 Å². The fraction of sp³-hybridized carbons (Fsp3) is 0.833. The van der Waals surface area contributed by atoms with Gasteiger partial charge in [0.25, 0.3) is 0 Å². The Morgan fingerprint density at radius 3 is 3.50 bits per heavy atom. The molecule has 1 saturated heterocycles. The van der Waals surface area contributed by atoms with Crippen LogP contribution < -0.4 is 11.1 Å². The molecule has 56 valence electrons. The molecule has 2 aliphatic rings. The lowest BCUT2D eigenvalue weighted by Gasteiger charge is -2.28. The molecule has 1 fully saturated rings. The quantitative estimate of drug-likeness (QED) is 0.504. The maximum absolute atomic E-state index is 5.68. The molecule has 10 heavy (non-hydrogen) atoms. The fourth-order valence-corrected chi connectivity index (χ4v) is 2.37. The predicted molar refractivity (Wildman–Crippen MR) is 44.2 cm³/mol. The molecule has 0 aromatic rings. The van der Waals surface area contributed by atoms with Gasteiger partial charge >= 0.3 is 0 Å². The van der Waals surface area contributed by atoms with Gasteiger partial charge in [-0.25, -0.2) is 0 Å². The lowest BCUT2D eigenvalue weighted by Crippen LogP contribution is -2.50. The van der Waals surface area contributed by atoms with Gasteiger partial charge in [-0.2, -0.15) is 0 Å². The Kier molecular flexibility index (Phi) is 1.68. The van der Waals surface area contributed by atoms with Gasteiger partial charge in [-0.1, -0.05) is 0 Å². The van der Waals surface area contributed by atoms with E-state index in [1.54, 1.807) is 11.8 Å². The first-order valence-corrected chi connectivity index (χ1v) is 4.54. The van der Waals surface area contributed by atoms with Gasteiger partial charge in [0.05, 0.1) is 0 Å². The molecule has 0 spiro atoms. The van der Waals surface area contributed by atoms with E-state index in [4.69, 9.17) is 5.73 Å². The molecule has 0 amide bonds. The summed E-state index contributed by atoms with van der Waals surface area (Å²) in [5, 5.41) is 3.27. The van der Waals surface area contributed by atoms with Crippen molar-refractivity contribution in [2.75, 3.05) is 12.3 Å². The van der Waals surface area contributed by atoms with Crippen molar-refractivity contribution in [2.45, 2.75) is 11.5 Å². The number of nitrogens with zero attached hydrogens (tertiary/aromatic N) is 1. The molecular formula is C6H11N3S. The molecule has 2 rings (SSSR count). The zero-order valence-corrected chi connectivity index (χ0v) is 6.47. The van der Waals surface area contributed by atoms with Gasteiger partial charge in [-0.05, 0) is 0 Å². The van der Waals surface area contributed by atoms with E-state index in [0.29, 0.717) is 12.0 Å². The predicted octanol–water partition coefficient (Wildman–Crippen LogP) is -0.366. The summed E-state index contributed by atoms with van der Waals surface area (Å²) in [6, 6.07) is 0.455. The zero-order valence-electron chi connectivity index (χ0n) is 5.66. The second-order valence-electron chi connectivity index (χ2n) is 2.72. The highest BCUT2D eigenvalue weighted by Gasteiger charge is 2.29. The van der Waals surface area contributed by atoms with E-state index in [2.05, 4.69) is 10.3 Å². The van der Waals surface area contributed by atoms with E-state index in [1.165, 1.54) is 0 Å². The number of thioether (sulfide) groups is 1. The van der Waals surface area contributed by atoms with Gasteiger partial charge in [0.2, 0.25) is 0 Å². The smallest absolute Gasteiger partial charge is 0.103 e. The Morgan fingerprint density at radius 2 is 2.60 bits per heavy atom. The van der Waals surface area contributed by atoms with Crippen LogP contribution in [0.3, 0.4) is 0 Å². The summed E-state index contributed by atoms with van der Waals surface area (Å²) >= 11 is 1.78. The fourth-order valence-electron chi connectivity index (χ4n) is 1.35. The van der Waals surface area contributed by atoms with Gasteiger partial charge in [0, 0.05) is 30.5 Å². The van der Waals surface area contributed by atoms with E-state index >= 15 is 0 Å². The molecule has 3 nitrogen and oxygen atoms in total. The number of nitrogens with one attached hydrogen (secondary N) is 1. The van der Waals surface area contributed by atoms with Crippen molar-refractivity contribution < 1.29 is 0 Å². The second-order valence-corrected chi connectivity index (χ2v) is 3.90. The Hall–Kier alpha value is -0.0600. The third kappa shape index (κ3) is 1.07. The third-order valence-corrected chi connectivity index (χ3v) is 3.08. The topological polar surface area (TPSA) is 50.4 Å². The minimum absolute atomic E-state index is 0.116. The Labute approximate surface area is 64.5 Å². The summed E-state index contributed by atoms with van der Waals surface area (Å²) < 4.78 is 0. The second kappa shape index (κ2) is 2.53. The van der Waals surface area contributed by atoms with E-state index < -0.39 is 0 Å².